The maximum Gasteiger partial charge on any atom is 0.251 e. The molecule has 0 aliphatic heterocycles. The third-order valence-electron chi connectivity index (χ3n) is 5.13. The summed E-state index contributed by atoms with van der Waals surface area (Å²) in [6.07, 6.45) is 0.799. The van der Waals surface area contributed by atoms with E-state index in [1.165, 1.54) is 0 Å². The van der Waals surface area contributed by atoms with E-state index in [4.69, 9.17) is 0 Å². The number of nitrogens with zero attached hydrogens (tertiary/aromatic N) is 1. The number of carbonyl (C=O) groups excluding carboxylic acids is 2. The van der Waals surface area contributed by atoms with Gasteiger partial charge in [-0.2, -0.15) is 0 Å². The molecule has 0 heterocycles. The van der Waals surface area contributed by atoms with Gasteiger partial charge in [-0.15, -0.1) is 0 Å². The summed E-state index contributed by atoms with van der Waals surface area (Å²) in [6, 6.07) is 15.7. The maximum absolute atomic E-state index is 12.5. The quantitative estimate of drug-likeness (QED) is 0.639. The zero-order valence-electron chi connectivity index (χ0n) is 18.2. The van der Waals surface area contributed by atoms with E-state index in [1.54, 1.807) is 0 Å². The second kappa shape index (κ2) is 10.6. The first-order valence-electron chi connectivity index (χ1n) is 10.4. The molecule has 0 saturated heterocycles. The van der Waals surface area contributed by atoms with Gasteiger partial charge in [-0.3, -0.25) is 9.59 Å². The second-order valence-corrected chi connectivity index (χ2v) is 7.61. The minimum Gasteiger partial charge on any atom is -0.369 e. The van der Waals surface area contributed by atoms with E-state index in [9.17, 15) is 9.59 Å². The number of hydrogen-bond donors (Lipinski definition) is 2. The Morgan fingerprint density at radius 3 is 2.28 bits per heavy atom. The van der Waals surface area contributed by atoms with E-state index in [-0.39, 0.29) is 17.7 Å². The van der Waals surface area contributed by atoms with Gasteiger partial charge in [-0.05, 0) is 69.2 Å². The Bertz CT molecular complexity index is 815. The van der Waals surface area contributed by atoms with Crippen LogP contribution in [0.4, 0.5) is 11.4 Å². The van der Waals surface area contributed by atoms with Gasteiger partial charge in [0.15, 0.2) is 0 Å². The second-order valence-electron chi connectivity index (χ2n) is 7.61. The predicted molar refractivity (Wildman–Crippen MR) is 120 cm³/mol. The van der Waals surface area contributed by atoms with Gasteiger partial charge in [-0.1, -0.05) is 26.0 Å². The third kappa shape index (κ3) is 6.34. The van der Waals surface area contributed by atoms with E-state index in [2.05, 4.69) is 36.3 Å². The first kappa shape index (κ1) is 22.5. The van der Waals surface area contributed by atoms with Crippen molar-refractivity contribution in [3.8, 4) is 0 Å². The Labute approximate surface area is 174 Å². The summed E-state index contributed by atoms with van der Waals surface area (Å²) in [5.41, 5.74) is 3.44. The molecule has 0 aliphatic carbocycles. The fraction of sp³-hybridized carbons (Fsp3) is 0.417. The molecule has 2 amide bonds. The molecule has 0 aromatic heterocycles. The van der Waals surface area contributed by atoms with Gasteiger partial charge in [-0.25, -0.2) is 0 Å². The van der Waals surface area contributed by atoms with E-state index in [0.29, 0.717) is 18.2 Å². The van der Waals surface area contributed by atoms with Gasteiger partial charge >= 0.3 is 0 Å². The summed E-state index contributed by atoms with van der Waals surface area (Å²) in [5, 5.41) is 5.88. The number of amides is 2. The number of nitrogens with one attached hydrogen (secondary N) is 2. The Balaban J connectivity index is 1.97. The molecule has 29 heavy (non-hydrogen) atoms. The highest BCUT2D eigenvalue weighted by molar-refractivity contribution is 5.94. The van der Waals surface area contributed by atoms with Crippen LogP contribution in [-0.2, 0) is 11.3 Å². The lowest BCUT2D eigenvalue weighted by Crippen LogP contribution is -2.30. The molecule has 0 fully saturated rings. The van der Waals surface area contributed by atoms with Crippen molar-refractivity contribution in [2.24, 2.45) is 5.92 Å². The molecule has 5 heteroatoms. The predicted octanol–water partition coefficient (Wildman–Crippen LogP) is 4.84. The van der Waals surface area contributed by atoms with Crippen LogP contribution in [0.1, 0.15) is 57.0 Å². The van der Waals surface area contributed by atoms with Crippen LogP contribution in [0.5, 0.6) is 0 Å². The molecule has 1 unspecified atom stereocenters. The normalized spacial score (nSPS) is 11.8. The fourth-order valence-electron chi connectivity index (χ4n) is 3.14. The van der Waals surface area contributed by atoms with Crippen molar-refractivity contribution in [1.29, 1.82) is 0 Å². The summed E-state index contributed by atoms with van der Waals surface area (Å²) in [4.78, 5) is 26.8. The summed E-state index contributed by atoms with van der Waals surface area (Å²) in [6.45, 7) is 11.7. The largest absolute Gasteiger partial charge is 0.369 e. The summed E-state index contributed by atoms with van der Waals surface area (Å²) < 4.78 is 0. The Morgan fingerprint density at radius 2 is 1.69 bits per heavy atom. The summed E-state index contributed by atoms with van der Waals surface area (Å²) >= 11 is 0. The first-order chi connectivity index (χ1) is 13.8. The maximum atomic E-state index is 12.5. The molecule has 0 aliphatic rings. The molecule has 156 valence electrons. The number of hydrogen-bond acceptors (Lipinski definition) is 3. The zero-order valence-corrected chi connectivity index (χ0v) is 18.2. The molecular weight excluding hydrogens is 362 g/mol. The van der Waals surface area contributed by atoms with E-state index >= 15 is 0 Å². The van der Waals surface area contributed by atoms with E-state index in [0.717, 1.165) is 29.9 Å². The Hall–Kier alpha value is -2.82. The molecule has 0 bridgehead atoms. The Kier molecular flexibility index (Phi) is 8.25. The van der Waals surface area contributed by atoms with Crippen molar-refractivity contribution in [2.45, 2.75) is 53.6 Å². The lowest BCUT2D eigenvalue weighted by atomic mass is 10.1. The van der Waals surface area contributed by atoms with Crippen LogP contribution in [0, 0.1) is 5.92 Å². The fourth-order valence-corrected chi connectivity index (χ4v) is 3.14. The molecule has 5 nitrogen and oxygen atoms in total. The smallest absolute Gasteiger partial charge is 0.251 e. The average Bonchev–Trinajstić information content (AvgIpc) is 2.72. The average molecular weight is 396 g/mol. The monoisotopic (exact) mass is 395 g/mol. The zero-order chi connectivity index (χ0) is 21.4. The number of benzene rings is 2. The van der Waals surface area contributed by atoms with Crippen molar-refractivity contribution >= 4 is 23.2 Å². The van der Waals surface area contributed by atoms with Crippen LogP contribution < -0.4 is 15.5 Å². The molecule has 1 atom stereocenters. The highest BCUT2D eigenvalue weighted by Crippen LogP contribution is 2.18. The molecule has 0 spiro atoms. The molecule has 2 aromatic carbocycles. The SMILES string of the molecule is CCC(C)C(=O)Nc1cccc(CNC(=O)c2ccc(N(CC)C(C)C)cc2)c1. The summed E-state index contributed by atoms with van der Waals surface area (Å²) in [5.74, 6) is -0.129. The van der Waals surface area contributed by atoms with Crippen LogP contribution in [0.15, 0.2) is 48.5 Å². The van der Waals surface area contributed by atoms with Gasteiger partial charge < -0.3 is 15.5 Å². The van der Waals surface area contributed by atoms with E-state index < -0.39 is 0 Å². The van der Waals surface area contributed by atoms with Crippen molar-refractivity contribution < 1.29 is 9.59 Å². The van der Waals surface area contributed by atoms with Crippen molar-refractivity contribution in [3.05, 3.63) is 59.7 Å². The number of rotatable bonds is 9. The van der Waals surface area contributed by atoms with Crippen molar-refractivity contribution in [1.82, 2.24) is 5.32 Å². The molecule has 2 rings (SSSR count). The highest BCUT2D eigenvalue weighted by Gasteiger charge is 2.12. The molecule has 2 aromatic rings. The highest BCUT2D eigenvalue weighted by atomic mass is 16.2. The lowest BCUT2D eigenvalue weighted by Gasteiger charge is -2.27. The summed E-state index contributed by atoms with van der Waals surface area (Å²) in [7, 11) is 0. The minimum atomic E-state index is -0.113. The van der Waals surface area contributed by atoms with Gasteiger partial charge in [0.25, 0.3) is 5.91 Å². The van der Waals surface area contributed by atoms with Gasteiger partial charge in [0.2, 0.25) is 5.91 Å². The third-order valence-corrected chi connectivity index (χ3v) is 5.13. The van der Waals surface area contributed by atoms with Crippen molar-refractivity contribution in [3.63, 3.8) is 0 Å². The van der Waals surface area contributed by atoms with Crippen LogP contribution in [0.3, 0.4) is 0 Å². The molecule has 0 radical (unpaired) electrons. The van der Waals surface area contributed by atoms with Gasteiger partial charge in [0.1, 0.15) is 0 Å². The van der Waals surface area contributed by atoms with Crippen molar-refractivity contribution in [2.75, 3.05) is 16.8 Å². The van der Waals surface area contributed by atoms with Crippen LogP contribution in [0.25, 0.3) is 0 Å². The number of anilines is 2. The topological polar surface area (TPSA) is 61.4 Å². The Morgan fingerprint density at radius 1 is 1.00 bits per heavy atom. The van der Waals surface area contributed by atoms with Crippen LogP contribution in [-0.4, -0.2) is 24.4 Å². The minimum absolute atomic E-state index is 0.0105. The van der Waals surface area contributed by atoms with Crippen LogP contribution >= 0.6 is 0 Å². The van der Waals surface area contributed by atoms with E-state index in [1.807, 2.05) is 62.4 Å². The first-order valence-corrected chi connectivity index (χ1v) is 10.4. The number of carbonyl (C=O) groups is 2. The molecule has 0 saturated carbocycles. The molecule has 2 N–H and O–H groups in total. The standard InChI is InChI=1S/C24H33N3O2/c1-6-18(5)23(28)26-21-10-8-9-19(15-21)16-25-24(29)20-11-13-22(14-12-20)27(7-2)17(3)4/h8-15,17-18H,6-7,16H2,1-5H3,(H,25,29)(H,26,28). The van der Waals surface area contributed by atoms with Gasteiger partial charge in [0, 0.05) is 42.0 Å². The van der Waals surface area contributed by atoms with Crippen LogP contribution in [0.2, 0.25) is 0 Å². The molecular formula is C24H33N3O2. The van der Waals surface area contributed by atoms with Gasteiger partial charge in [0.05, 0.1) is 0 Å². The lowest BCUT2D eigenvalue weighted by molar-refractivity contribution is -0.119.